The van der Waals surface area contributed by atoms with Crippen molar-refractivity contribution in [3.8, 4) is 0 Å². The molecule has 160 valence electrons. The molecular formula is C21H26N4O4S. The van der Waals surface area contributed by atoms with Crippen LogP contribution in [-0.2, 0) is 25.6 Å². The van der Waals surface area contributed by atoms with Gasteiger partial charge in [-0.1, -0.05) is 35.5 Å². The molecule has 1 aromatic carbocycles. The van der Waals surface area contributed by atoms with E-state index < -0.39 is 20.9 Å². The van der Waals surface area contributed by atoms with Crippen molar-refractivity contribution in [2.75, 3.05) is 19.3 Å². The first kappa shape index (κ1) is 19.7. The van der Waals surface area contributed by atoms with Crippen molar-refractivity contribution in [2.24, 2.45) is 5.92 Å². The number of aromatic nitrogens is 2. The third-order valence-electron chi connectivity index (χ3n) is 7.11. The molecule has 1 amide bonds. The van der Waals surface area contributed by atoms with Gasteiger partial charge >= 0.3 is 0 Å². The van der Waals surface area contributed by atoms with Crippen LogP contribution in [0.15, 0.2) is 34.9 Å². The Labute approximate surface area is 176 Å². The summed E-state index contributed by atoms with van der Waals surface area (Å²) in [5.74, 6) is 1.11. The van der Waals surface area contributed by atoms with Gasteiger partial charge in [-0.2, -0.15) is 4.98 Å². The van der Waals surface area contributed by atoms with Gasteiger partial charge in [0.15, 0.2) is 5.82 Å². The summed E-state index contributed by atoms with van der Waals surface area (Å²) in [6.07, 6.45) is 4.24. The molecule has 0 radical (unpaired) electrons. The Morgan fingerprint density at radius 3 is 2.60 bits per heavy atom. The van der Waals surface area contributed by atoms with E-state index in [1.54, 1.807) is 6.92 Å². The van der Waals surface area contributed by atoms with Crippen LogP contribution in [0.3, 0.4) is 0 Å². The Balaban J connectivity index is 1.38. The van der Waals surface area contributed by atoms with E-state index in [9.17, 15) is 13.2 Å². The van der Waals surface area contributed by atoms with Gasteiger partial charge in [0.25, 0.3) is 0 Å². The molecule has 3 aliphatic rings. The van der Waals surface area contributed by atoms with Crippen LogP contribution in [0, 0.1) is 12.8 Å². The normalized spacial score (nSPS) is 30.2. The lowest BCUT2D eigenvalue weighted by atomic mass is 9.80. The number of amides is 1. The predicted molar refractivity (Wildman–Crippen MR) is 109 cm³/mol. The molecule has 30 heavy (non-hydrogen) atoms. The van der Waals surface area contributed by atoms with Gasteiger partial charge in [0.1, 0.15) is 0 Å². The summed E-state index contributed by atoms with van der Waals surface area (Å²) in [5.41, 5.74) is 0.0868. The molecule has 3 atom stereocenters. The summed E-state index contributed by atoms with van der Waals surface area (Å²) < 4.78 is 31.4. The van der Waals surface area contributed by atoms with Crippen molar-refractivity contribution < 1.29 is 17.7 Å². The molecule has 0 bridgehead atoms. The first-order valence-corrected chi connectivity index (χ1v) is 12.2. The lowest BCUT2D eigenvalue weighted by Crippen LogP contribution is -2.43. The summed E-state index contributed by atoms with van der Waals surface area (Å²) in [7, 11) is -3.32. The maximum absolute atomic E-state index is 13.2. The number of aryl methyl sites for hydroxylation is 1. The summed E-state index contributed by atoms with van der Waals surface area (Å²) in [6, 6.07) is 9.88. The van der Waals surface area contributed by atoms with E-state index in [-0.39, 0.29) is 17.9 Å². The Hall–Kier alpha value is -2.26. The number of nitrogens with zero attached hydrogens (tertiary/aromatic N) is 3. The molecule has 1 aromatic heterocycles. The van der Waals surface area contributed by atoms with Crippen LogP contribution in [0.25, 0.3) is 0 Å². The summed E-state index contributed by atoms with van der Waals surface area (Å²) >= 11 is 0. The lowest BCUT2D eigenvalue weighted by Gasteiger charge is -2.25. The Morgan fingerprint density at radius 1 is 1.27 bits per heavy atom. The van der Waals surface area contributed by atoms with Gasteiger partial charge < -0.3 is 9.84 Å². The number of nitrogens with one attached hydrogen (secondary N) is 1. The van der Waals surface area contributed by atoms with Crippen molar-refractivity contribution in [3.63, 3.8) is 0 Å². The zero-order valence-corrected chi connectivity index (χ0v) is 18.0. The van der Waals surface area contributed by atoms with E-state index in [1.165, 1.54) is 10.6 Å². The standard InChI is InChI=1S/C21H26N4O4S/c1-14-22-19(29-24-14)21-11-17(10-16(21)12-25(13-21)30(2,27)28)23-18(26)20(8-9-20)15-6-4-3-5-7-15/h3-7,16-17H,8-13H2,1-2H3,(H,23,26)/t16-,17+,21-/m0/s1. The van der Waals surface area contributed by atoms with Crippen LogP contribution in [0.1, 0.15) is 43.0 Å². The number of rotatable bonds is 5. The highest BCUT2D eigenvalue weighted by Crippen LogP contribution is 2.52. The zero-order chi connectivity index (χ0) is 21.1. The average molecular weight is 431 g/mol. The van der Waals surface area contributed by atoms with Gasteiger partial charge in [0.2, 0.25) is 21.8 Å². The minimum absolute atomic E-state index is 0.0317. The monoisotopic (exact) mass is 430 g/mol. The number of hydrogen-bond acceptors (Lipinski definition) is 6. The molecule has 2 heterocycles. The van der Waals surface area contributed by atoms with E-state index in [0.29, 0.717) is 37.6 Å². The van der Waals surface area contributed by atoms with Crippen LogP contribution < -0.4 is 5.32 Å². The molecule has 2 aliphatic carbocycles. The number of fused-ring (bicyclic) bond motifs is 1. The van der Waals surface area contributed by atoms with Gasteiger partial charge in [-0.15, -0.1) is 0 Å². The number of sulfonamides is 1. The molecule has 1 N–H and O–H groups in total. The van der Waals surface area contributed by atoms with Crippen LogP contribution in [0.4, 0.5) is 0 Å². The summed E-state index contributed by atoms with van der Waals surface area (Å²) in [6.45, 7) is 2.48. The molecule has 2 aromatic rings. The molecular weight excluding hydrogens is 404 g/mol. The highest BCUT2D eigenvalue weighted by atomic mass is 32.2. The molecule has 5 rings (SSSR count). The van der Waals surface area contributed by atoms with Gasteiger partial charge in [0, 0.05) is 19.1 Å². The third-order valence-corrected chi connectivity index (χ3v) is 8.33. The first-order chi connectivity index (χ1) is 14.2. The van der Waals surface area contributed by atoms with E-state index in [1.807, 2.05) is 30.3 Å². The number of carbonyl (C=O) groups is 1. The lowest BCUT2D eigenvalue weighted by molar-refractivity contribution is -0.124. The fraction of sp³-hybridized carbons (Fsp3) is 0.571. The van der Waals surface area contributed by atoms with Gasteiger partial charge in [-0.25, -0.2) is 12.7 Å². The van der Waals surface area contributed by atoms with Gasteiger partial charge in [0.05, 0.1) is 17.1 Å². The zero-order valence-electron chi connectivity index (χ0n) is 17.2. The summed E-state index contributed by atoms with van der Waals surface area (Å²) in [5, 5.41) is 7.20. The maximum Gasteiger partial charge on any atom is 0.234 e. The number of hydrogen-bond donors (Lipinski definition) is 1. The van der Waals surface area contributed by atoms with E-state index in [0.717, 1.165) is 18.4 Å². The molecule has 1 aliphatic heterocycles. The predicted octanol–water partition coefficient (Wildman–Crippen LogP) is 1.52. The van der Waals surface area contributed by atoms with Crippen molar-refractivity contribution in [1.82, 2.24) is 19.8 Å². The second-order valence-corrected chi connectivity index (χ2v) is 11.1. The average Bonchev–Trinajstić information content (AvgIpc) is 3.08. The number of benzene rings is 1. The molecule has 2 saturated carbocycles. The van der Waals surface area contributed by atoms with Gasteiger partial charge in [-0.3, -0.25) is 4.79 Å². The molecule has 8 nitrogen and oxygen atoms in total. The number of carbonyl (C=O) groups excluding carboxylic acids is 1. The quantitative estimate of drug-likeness (QED) is 0.771. The molecule has 9 heteroatoms. The minimum Gasteiger partial charge on any atom is -0.353 e. The first-order valence-electron chi connectivity index (χ1n) is 10.4. The summed E-state index contributed by atoms with van der Waals surface area (Å²) in [4.78, 5) is 17.7. The molecule has 3 fully saturated rings. The Bertz CT molecular complexity index is 1080. The molecule has 0 unspecified atom stereocenters. The topological polar surface area (TPSA) is 105 Å². The fourth-order valence-electron chi connectivity index (χ4n) is 5.37. The van der Waals surface area contributed by atoms with Crippen molar-refractivity contribution in [1.29, 1.82) is 0 Å². The minimum atomic E-state index is -3.32. The second kappa shape index (κ2) is 6.62. The van der Waals surface area contributed by atoms with Crippen molar-refractivity contribution in [2.45, 2.75) is 49.5 Å². The van der Waals surface area contributed by atoms with Crippen LogP contribution >= 0.6 is 0 Å². The second-order valence-electron chi connectivity index (χ2n) is 9.11. The molecule has 1 saturated heterocycles. The fourth-order valence-corrected chi connectivity index (χ4v) is 6.29. The smallest absolute Gasteiger partial charge is 0.234 e. The van der Waals surface area contributed by atoms with Crippen LogP contribution in [0.5, 0.6) is 0 Å². The van der Waals surface area contributed by atoms with Crippen molar-refractivity contribution in [3.05, 3.63) is 47.6 Å². The SMILES string of the molecule is Cc1noc([C@]23C[C@H](NC(=O)C4(c5ccccc5)CC4)C[C@H]2CN(S(C)(=O)=O)C3)n1. The van der Waals surface area contributed by atoms with Crippen LogP contribution in [-0.4, -0.2) is 54.2 Å². The Morgan fingerprint density at radius 2 is 2.00 bits per heavy atom. The largest absolute Gasteiger partial charge is 0.353 e. The van der Waals surface area contributed by atoms with E-state index >= 15 is 0 Å². The van der Waals surface area contributed by atoms with Gasteiger partial charge in [-0.05, 0) is 44.1 Å². The van der Waals surface area contributed by atoms with E-state index in [4.69, 9.17) is 4.52 Å². The third kappa shape index (κ3) is 3.06. The maximum atomic E-state index is 13.2. The van der Waals surface area contributed by atoms with E-state index in [2.05, 4.69) is 15.5 Å². The Kier molecular flexibility index (Phi) is 4.34. The highest BCUT2D eigenvalue weighted by molar-refractivity contribution is 7.88. The van der Waals surface area contributed by atoms with Crippen LogP contribution in [0.2, 0.25) is 0 Å². The molecule has 0 spiro atoms. The highest BCUT2D eigenvalue weighted by Gasteiger charge is 2.60. The van der Waals surface area contributed by atoms with Crippen molar-refractivity contribution >= 4 is 15.9 Å².